The number of hydrogen-bond acceptors (Lipinski definition) is 6. The number of nitrogens with one attached hydrogen (secondary N) is 1. The predicted octanol–water partition coefficient (Wildman–Crippen LogP) is 4.92. The van der Waals surface area contributed by atoms with E-state index >= 15 is 0 Å². The summed E-state index contributed by atoms with van der Waals surface area (Å²) < 4.78 is 29.2. The highest BCUT2D eigenvalue weighted by Gasteiger charge is 2.51. The molecule has 0 bridgehead atoms. The van der Waals surface area contributed by atoms with Gasteiger partial charge in [0.25, 0.3) is 10.0 Å². The number of hydrazine groups is 1. The molecule has 0 radical (unpaired) electrons. The Bertz CT molecular complexity index is 2220. The minimum atomic E-state index is -3.97. The predicted molar refractivity (Wildman–Crippen MR) is 198 cm³/mol. The zero-order valence-corrected chi connectivity index (χ0v) is 29.7. The van der Waals surface area contributed by atoms with E-state index in [0.717, 1.165) is 16.7 Å². The average Bonchev–Trinajstić information content (AvgIpc) is 3.60. The number of urea groups is 1. The summed E-state index contributed by atoms with van der Waals surface area (Å²) >= 11 is 0. The second-order valence-electron chi connectivity index (χ2n) is 13.1. The van der Waals surface area contributed by atoms with Gasteiger partial charge in [-0.25, -0.2) is 27.2 Å². The topological polar surface area (TPSA) is 115 Å². The molecule has 266 valence electrons. The first-order valence-electron chi connectivity index (χ1n) is 17.2. The number of para-hydroxylation sites is 1. The summed E-state index contributed by atoms with van der Waals surface area (Å²) in [4.78, 5) is 46.0. The van der Waals surface area contributed by atoms with Crippen LogP contribution in [-0.4, -0.2) is 81.9 Å². The van der Waals surface area contributed by atoms with E-state index in [0.29, 0.717) is 16.5 Å². The number of benzene rings is 4. The van der Waals surface area contributed by atoms with Crippen molar-refractivity contribution in [2.75, 3.05) is 19.6 Å². The van der Waals surface area contributed by atoms with Crippen molar-refractivity contribution in [3.63, 3.8) is 0 Å². The molecule has 1 N–H and O–H groups in total. The van der Waals surface area contributed by atoms with Crippen molar-refractivity contribution in [1.82, 2.24) is 29.1 Å². The molecule has 2 fully saturated rings. The van der Waals surface area contributed by atoms with Crippen LogP contribution in [0.15, 0.2) is 133 Å². The maximum absolute atomic E-state index is 14.6. The quantitative estimate of drug-likeness (QED) is 0.205. The fourth-order valence-corrected chi connectivity index (χ4v) is 8.52. The monoisotopic (exact) mass is 716 g/mol. The van der Waals surface area contributed by atoms with Gasteiger partial charge in [-0.1, -0.05) is 103 Å². The van der Waals surface area contributed by atoms with Gasteiger partial charge < -0.3 is 15.1 Å². The van der Waals surface area contributed by atoms with E-state index in [2.05, 4.69) is 11.9 Å². The Kier molecular flexibility index (Phi) is 9.67. The van der Waals surface area contributed by atoms with E-state index < -0.39 is 28.3 Å². The van der Waals surface area contributed by atoms with Crippen molar-refractivity contribution in [3.8, 4) is 0 Å². The lowest BCUT2D eigenvalue weighted by molar-refractivity contribution is -0.189. The Morgan fingerprint density at radius 1 is 0.885 bits per heavy atom. The number of carbonyl (C=O) groups excluding carboxylic acids is 3. The number of nitrogens with zero attached hydrogens (tertiary/aromatic N) is 5. The van der Waals surface area contributed by atoms with Gasteiger partial charge in [-0.2, -0.15) is 0 Å². The summed E-state index contributed by atoms with van der Waals surface area (Å²) in [6.07, 6.45) is 2.57. The Morgan fingerprint density at radius 3 is 2.27 bits per heavy atom. The van der Waals surface area contributed by atoms with Crippen molar-refractivity contribution in [2.45, 2.75) is 43.5 Å². The maximum Gasteiger partial charge on any atom is 0.334 e. The highest BCUT2D eigenvalue weighted by atomic mass is 32.2. The summed E-state index contributed by atoms with van der Waals surface area (Å²) in [6.45, 7) is 6.20. The number of aromatic nitrogens is 1. The summed E-state index contributed by atoms with van der Waals surface area (Å²) in [5.41, 5.74) is 3.79. The largest absolute Gasteiger partial charge is 0.334 e. The maximum atomic E-state index is 14.6. The van der Waals surface area contributed by atoms with Crippen LogP contribution in [-0.2, 0) is 39.1 Å². The molecular formula is C40H40N6O5S. The molecule has 5 aromatic rings. The molecule has 2 saturated heterocycles. The molecule has 12 heteroatoms. The fourth-order valence-electron chi connectivity index (χ4n) is 7.13. The number of hydrogen-bond donors (Lipinski definition) is 1. The summed E-state index contributed by atoms with van der Waals surface area (Å²) in [6, 6.07) is 31.6. The standard InChI is InChI=1S/C40H40N6O5S/c1-3-22-43-28-37(47)45-35(24-30-11-6-4-7-12-30)39(48)42(27-36(45)46(43)40(49)41-25-31-13-8-5-9-14-31)26-33-16-10-15-32-21-23-44(38(32)33)52(50,51)34-19-17-29(2)18-20-34/h3-21,23,35-36H,1,22,24-28H2,2H3,(H,41,49)/t35-,36-/m0/s1. The van der Waals surface area contributed by atoms with Gasteiger partial charge in [-0.3, -0.25) is 9.59 Å². The number of rotatable bonds is 10. The first-order valence-corrected chi connectivity index (χ1v) is 18.6. The Morgan fingerprint density at radius 2 is 1.58 bits per heavy atom. The van der Waals surface area contributed by atoms with E-state index in [-0.39, 0.29) is 55.9 Å². The third-order valence-electron chi connectivity index (χ3n) is 9.64. The number of carbonyl (C=O) groups is 3. The van der Waals surface area contributed by atoms with Gasteiger partial charge in [0.15, 0.2) is 0 Å². The van der Waals surface area contributed by atoms with Crippen molar-refractivity contribution >= 4 is 38.8 Å². The molecule has 0 unspecified atom stereocenters. The van der Waals surface area contributed by atoms with Crippen LogP contribution in [0.3, 0.4) is 0 Å². The van der Waals surface area contributed by atoms with Gasteiger partial charge in [-0.05, 0) is 41.8 Å². The first kappa shape index (κ1) is 34.7. The third-order valence-corrected chi connectivity index (χ3v) is 11.3. The van der Waals surface area contributed by atoms with Crippen LogP contribution in [0.25, 0.3) is 10.9 Å². The molecule has 0 aliphatic carbocycles. The van der Waals surface area contributed by atoms with Crippen LogP contribution in [0, 0.1) is 6.92 Å². The molecule has 0 spiro atoms. The molecule has 52 heavy (non-hydrogen) atoms. The lowest BCUT2D eigenvalue weighted by atomic mass is 9.98. The van der Waals surface area contributed by atoms with Crippen LogP contribution in [0.4, 0.5) is 4.79 Å². The average molecular weight is 717 g/mol. The van der Waals surface area contributed by atoms with E-state index in [4.69, 9.17) is 0 Å². The number of amides is 4. The Balaban J connectivity index is 1.28. The Hall–Kier alpha value is -5.72. The first-order chi connectivity index (χ1) is 25.2. The van der Waals surface area contributed by atoms with Gasteiger partial charge in [0.1, 0.15) is 12.2 Å². The molecule has 2 atom stereocenters. The molecule has 7 rings (SSSR count). The SMILES string of the molecule is C=CCN1CC(=O)N2[C@@H](Cc3ccccc3)C(=O)N(Cc3cccc4ccn(S(=O)(=O)c5ccc(C)cc5)c34)C[C@@H]2N1C(=O)NCc1ccccc1. The highest BCUT2D eigenvalue weighted by molar-refractivity contribution is 7.90. The summed E-state index contributed by atoms with van der Waals surface area (Å²) in [5, 5.41) is 6.90. The third kappa shape index (κ3) is 6.70. The second-order valence-corrected chi connectivity index (χ2v) is 14.9. The molecule has 11 nitrogen and oxygen atoms in total. The molecule has 2 aliphatic rings. The molecule has 2 aliphatic heterocycles. The van der Waals surface area contributed by atoms with Gasteiger partial charge >= 0.3 is 6.03 Å². The zero-order valence-electron chi connectivity index (χ0n) is 28.8. The van der Waals surface area contributed by atoms with Gasteiger partial charge in [0.2, 0.25) is 11.8 Å². The number of fused-ring (bicyclic) bond motifs is 2. The van der Waals surface area contributed by atoms with Crippen molar-refractivity contribution < 1.29 is 22.8 Å². The molecule has 4 aromatic carbocycles. The molecular weight excluding hydrogens is 677 g/mol. The number of piperazine rings is 1. The van der Waals surface area contributed by atoms with Crippen molar-refractivity contribution in [3.05, 3.63) is 150 Å². The van der Waals surface area contributed by atoms with Gasteiger partial charge in [0, 0.05) is 37.6 Å². The second kappa shape index (κ2) is 14.5. The summed E-state index contributed by atoms with van der Waals surface area (Å²) in [5.74, 6) is -0.556. The van der Waals surface area contributed by atoms with Crippen LogP contribution >= 0.6 is 0 Å². The minimum absolute atomic E-state index is 0.00404. The summed E-state index contributed by atoms with van der Waals surface area (Å²) in [7, 11) is -3.97. The van der Waals surface area contributed by atoms with Crippen molar-refractivity contribution in [2.24, 2.45) is 0 Å². The lowest BCUT2D eigenvalue weighted by Crippen LogP contribution is -2.76. The Labute approximate surface area is 303 Å². The molecule has 0 saturated carbocycles. The normalized spacial score (nSPS) is 18.1. The van der Waals surface area contributed by atoms with E-state index in [1.54, 1.807) is 51.2 Å². The zero-order chi connectivity index (χ0) is 36.4. The highest BCUT2D eigenvalue weighted by Crippen LogP contribution is 2.32. The van der Waals surface area contributed by atoms with Gasteiger partial charge in [-0.15, -0.1) is 6.58 Å². The molecule has 4 amide bonds. The van der Waals surface area contributed by atoms with Crippen LogP contribution < -0.4 is 5.32 Å². The number of aryl methyl sites for hydroxylation is 1. The van der Waals surface area contributed by atoms with E-state index in [9.17, 15) is 22.8 Å². The van der Waals surface area contributed by atoms with Crippen LogP contribution in [0.1, 0.15) is 22.3 Å². The van der Waals surface area contributed by atoms with Crippen LogP contribution in [0.5, 0.6) is 0 Å². The van der Waals surface area contributed by atoms with E-state index in [1.165, 1.54) is 15.2 Å². The smallest absolute Gasteiger partial charge is 0.333 e. The molecule has 3 heterocycles. The fraction of sp³-hybridized carbons (Fsp3) is 0.225. The van der Waals surface area contributed by atoms with Gasteiger partial charge in [0.05, 0.1) is 23.5 Å². The molecule has 1 aromatic heterocycles. The van der Waals surface area contributed by atoms with E-state index in [1.807, 2.05) is 85.8 Å². The lowest BCUT2D eigenvalue weighted by Gasteiger charge is -2.55. The van der Waals surface area contributed by atoms with Crippen LogP contribution in [0.2, 0.25) is 0 Å². The minimum Gasteiger partial charge on any atom is -0.333 e. The van der Waals surface area contributed by atoms with Crippen molar-refractivity contribution in [1.29, 1.82) is 0 Å².